The van der Waals surface area contributed by atoms with Crippen molar-refractivity contribution in [2.45, 2.75) is 32.7 Å². The van der Waals surface area contributed by atoms with Gasteiger partial charge in [-0.2, -0.15) is 0 Å². The number of halogens is 2. The minimum Gasteiger partial charge on any atom is -0.325 e. The summed E-state index contributed by atoms with van der Waals surface area (Å²) in [7, 11) is 0. The molecular formula is C21H23Cl2N3O2. The number of benzene rings is 2. The molecule has 0 bridgehead atoms. The van der Waals surface area contributed by atoms with Gasteiger partial charge in [-0.3, -0.25) is 14.5 Å². The number of nitrogens with one attached hydrogen (secondary N) is 2. The lowest BCUT2D eigenvalue weighted by atomic mass is 10.1. The second-order valence-electron chi connectivity index (χ2n) is 7.11. The molecule has 0 saturated carbocycles. The Morgan fingerprint density at radius 3 is 2.61 bits per heavy atom. The highest BCUT2D eigenvalue weighted by atomic mass is 35.5. The summed E-state index contributed by atoms with van der Waals surface area (Å²) < 4.78 is 0. The lowest BCUT2D eigenvalue weighted by molar-refractivity contribution is -0.122. The summed E-state index contributed by atoms with van der Waals surface area (Å²) in [6.07, 6.45) is 1.57. The van der Waals surface area contributed by atoms with Crippen molar-refractivity contribution < 1.29 is 9.59 Å². The van der Waals surface area contributed by atoms with Gasteiger partial charge in [0.05, 0.1) is 23.3 Å². The highest BCUT2D eigenvalue weighted by Crippen LogP contribution is 2.27. The Labute approximate surface area is 175 Å². The van der Waals surface area contributed by atoms with Crippen LogP contribution in [-0.2, 0) is 9.59 Å². The molecule has 0 aromatic heterocycles. The Kier molecular flexibility index (Phi) is 6.60. The number of aryl methyl sites for hydroxylation is 2. The van der Waals surface area contributed by atoms with E-state index >= 15 is 0 Å². The van der Waals surface area contributed by atoms with E-state index in [-0.39, 0.29) is 24.4 Å². The number of rotatable bonds is 5. The van der Waals surface area contributed by atoms with Crippen LogP contribution in [0.15, 0.2) is 36.4 Å². The fourth-order valence-corrected chi connectivity index (χ4v) is 3.82. The first-order chi connectivity index (χ1) is 13.3. The normalized spacial score (nSPS) is 16.8. The second kappa shape index (κ2) is 8.95. The van der Waals surface area contributed by atoms with Gasteiger partial charge in [0.15, 0.2) is 0 Å². The molecule has 1 atom stereocenters. The van der Waals surface area contributed by atoms with Crippen LogP contribution >= 0.6 is 23.2 Å². The molecule has 1 aliphatic rings. The van der Waals surface area contributed by atoms with Crippen molar-refractivity contribution in [3.05, 3.63) is 57.6 Å². The summed E-state index contributed by atoms with van der Waals surface area (Å²) in [5.41, 5.74) is 3.41. The number of hydrogen-bond acceptors (Lipinski definition) is 3. The van der Waals surface area contributed by atoms with Crippen molar-refractivity contribution >= 4 is 46.4 Å². The quantitative estimate of drug-likeness (QED) is 0.740. The predicted octanol–water partition coefficient (Wildman–Crippen LogP) is 4.65. The fourth-order valence-electron chi connectivity index (χ4n) is 3.36. The molecule has 0 spiro atoms. The molecule has 1 fully saturated rings. The molecule has 0 aliphatic carbocycles. The number of hydrogen-bond donors (Lipinski definition) is 2. The molecule has 1 heterocycles. The van der Waals surface area contributed by atoms with Crippen LogP contribution in [0.25, 0.3) is 0 Å². The van der Waals surface area contributed by atoms with Crippen molar-refractivity contribution in [2.75, 3.05) is 23.7 Å². The minimum atomic E-state index is -0.365. The molecule has 28 heavy (non-hydrogen) atoms. The summed E-state index contributed by atoms with van der Waals surface area (Å²) in [4.78, 5) is 27.2. The average molecular weight is 420 g/mol. The van der Waals surface area contributed by atoms with E-state index < -0.39 is 0 Å². The van der Waals surface area contributed by atoms with Gasteiger partial charge in [-0.25, -0.2) is 0 Å². The summed E-state index contributed by atoms with van der Waals surface area (Å²) in [6.45, 7) is 4.81. The fraction of sp³-hybridized carbons (Fsp3) is 0.333. The predicted molar refractivity (Wildman–Crippen MR) is 114 cm³/mol. The van der Waals surface area contributed by atoms with Gasteiger partial charge in [-0.05, 0) is 68.6 Å². The molecule has 5 nitrogen and oxygen atoms in total. The van der Waals surface area contributed by atoms with Crippen LogP contribution < -0.4 is 10.6 Å². The maximum Gasteiger partial charge on any atom is 0.241 e. The molecule has 7 heteroatoms. The first-order valence-corrected chi connectivity index (χ1v) is 9.96. The first-order valence-electron chi connectivity index (χ1n) is 9.20. The Bertz CT molecular complexity index is 901. The van der Waals surface area contributed by atoms with E-state index in [9.17, 15) is 9.59 Å². The highest BCUT2D eigenvalue weighted by Gasteiger charge is 2.32. The van der Waals surface area contributed by atoms with Gasteiger partial charge >= 0.3 is 0 Å². The lowest BCUT2D eigenvalue weighted by Crippen LogP contribution is -2.43. The van der Waals surface area contributed by atoms with Gasteiger partial charge in [0.2, 0.25) is 11.8 Å². The molecule has 1 saturated heterocycles. The topological polar surface area (TPSA) is 61.4 Å². The Morgan fingerprint density at radius 1 is 1.07 bits per heavy atom. The van der Waals surface area contributed by atoms with Gasteiger partial charge in [0, 0.05) is 10.7 Å². The lowest BCUT2D eigenvalue weighted by Gasteiger charge is -2.23. The molecule has 148 valence electrons. The van der Waals surface area contributed by atoms with Crippen LogP contribution in [0.5, 0.6) is 0 Å². The maximum atomic E-state index is 12.7. The number of carbonyl (C=O) groups is 2. The smallest absolute Gasteiger partial charge is 0.241 e. The third-order valence-corrected chi connectivity index (χ3v) is 5.42. The Balaban J connectivity index is 1.63. The molecule has 2 N–H and O–H groups in total. The van der Waals surface area contributed by atoms with Gasteiger partial charge < -0.3 is 10.6 Å². The van der Waals surface area contributed by atoms with Gasteiger partial charge in [0.25, 0.3) is 0 Å². The van der Waals surface area contributed by atoms with Crippen molar-refractivity contribution in [3.63, 3.8) is 0 Å². The summed E-state index contributed by atoms with van der Waals surface area (Å²) in [6, 6.07) is 10.5. The standard InChI is InChI=1S/C21H23Cl2N3O2/c1-13-5-6-14(2)18(10-13)24-20(27)12-26-9-3-4-19(26)21(28)25-17-8-7-15(22)11-16(17)23/h5-8,10-11,19H,3-4,9,12H2,1-2H3,(H,24,27)(H,25,28)/t19-/m1/s1. The van der Waals surface area contributed by atoms with E-state index in [4.69, 9.17) is 23.2 Å². The number of amides is 2. The van der Waals surface area contributed by atoms with E-state index in [1.807, 2.05) is 36.9 Å². The van der Waals surface area contributed by atoms with Crippen molar-refractivity contribution in [3.8, 4) is 0 Å². The van der Waals surface area contributed by atoms with Crippen LogP contribution in [0.4, 0.5) is 11.4 Å². The zero-order valence-corrected chi connectivity index (χ0v) is 17.4. The second-order valence-corrected chi connectivity index (χ2v) is 7.95. The van der Waals surface area contributed by atoms with Gasteiger partial charge in [0.1, 0.15) is 0 Å². The van der Waals surface area contributed by atoms with Crippen molar-refractivity contribution in [1.29, 1.82) is 0 Å². The number of nitrogens with zero attached hydrogens (tertiary/aromatic N) is 1. The number of likely N-dealkylation sites (tertiary alicyclic amines) is 1. The molecule has 0 unspecified atom stereocenters. The third-order valence-electron chi connectivity index (χ3n) is 4.87. The molecule has 2 aromatic carbocycles. The largest absolute Gasteiger partial charge is 0.325 e. The molecule has 2 aromatic rings. The highest BCUT2D eigenvalue weighted by molar-refractivity contribution is 6.36. The molecule has 3 rings (SSSR count). The molecule has 1 aliphatic heterocycles. The van der Waals surface area contributed by atoms with Crippen LogP contribution in [0.1, 0.15) is 24.0 Å². The van der Waals surface area contributed by atoms with Crippen molar-refractivity contribution in [2.24, 2.45) is 0 Å². The van der Waals surface area contributed by atoms with Crippen LogP contribution in [-0.4, -0.2) is 35.8 Å². The molecular weight excluding hydrogens is 397 g/mol. The Morgan fingerprint density at radius 2 is 1.86 bits per heavy atom. The van der Waals surface area contributed by atoms with Crippen LogP contribution in [0.2, 0.25) is 10.0 Å². The summed E-state index contributed by atoms with van der Waals surface area (Å²) in [5.74, 6) is -0.292. The number of carbonyl (C=O) groups excluding carboxylic acids is 2. The van der Waals surface area contributed by atoms with E-state index in [0.717, 1.165) is 23.2 Å². The van der Waals surface area contributed by atoms with E-state index in [1.165, 1.54) is 0 Å². The van der Waals surface area contributed by atoms with Crippen LogP contribution in [0, 0.1) is 13.8 Å². The number of anilines is 2. The zero-order chi connectivity index (χ0) is 20.3. The minimum absolute atomic E-state index is 0.127. The summed E-state index contributed by atoms with van der Waals surface area (Å²) >= 11 is 12.0. The van der Waals surface area contributed by atoms with Gasteiger partial charge in [-0.1, -0.05) is 35.3 Å². The van der Waals surface area contributed by atoms with Crippen LogP contribution in [0.3, 0.4) is 0 Å². The van der Waals surface area contributed by atoms with Gasteiger partial charge in [-0.15, -0.1) is 0 Å². The SMILES string of the molecule is Cc1ccc(C)c(NC(=O)CN2CCC[C@@H]2C(=O)Nc2ccc(Cl)cc2Cl)c1. The Hall–Kier alpha value is -2.08. The first kappa shape index (κ1) is 20.6. The van der Waals surface area contributed by atoms with E-state index in [2.05, 4.69) is 10.6 Å². The zero-order valence-electron chi connectivity index (χ0n) is 15.9. The van der Waals surface area contributed by atoms with E-state index in [0.29, 0.717) is 28.7 Å². The monoisotopic (exact) mass is 419 g/mol. The van der Waals surface area contributed by atoms with E-state index in [1.54, 1.807) is 18.2 Å². The summed E-state index contributed by atoms with van der Waals surface area (Å²) in [5, 5.41) is 6.70. The third kappa shape index (κ3) is 5.04. The average Bonchev–Trinajstić information content (AvgIpc) is 3.08. The van der Waals surface area contributed by atoms with Crippen molar-refractivity contribution in [1.82, 2.24) is 4.90 Å². The molecule has 2 amide bonds. The molecule has 0 radical (unpaired) electrons. The maximum absolute atomic E-state index is 12.7.